The maximum atomic E-state index is 13.2. The van der Waals surface area contributed by atoms with Crippen LogP contribution >= 0.6 is 11.6 Å². The highest BCUT2D eigenvalue weighted by molar-refractivity contribution is 7.93. The summed E-state index contributed by atoms with van der Waals surface area (Å²) in [5.41, 5.74) is 1.37. The van der Waals surface area contributed by atoms with Crippen molar-refractivity contribution in [3.63, 3.8) is 0 Å². The molecule has 0 saturated heterocycles. The van der Waals surface area contributed by atoms with Crippen molar-refractivity contribution in [3.8, 4) is 0 Å². The average molecular weight is 365 g/mol. The zero-order chi connectivity index (χ0) is 17.3. The van der Waals surface area contributed by atoms with Gasteiger partial charge in [0.1, 0.15) is 6.04 Å². The lowest BCUT2D eigenvalue weighted by molar-refractivity contribution is -0.121. The summed E-state index contributed by atoms with van der Waals surface area (Å²) in [4.78, 5) is 12.5. The molecule has 3 rings (SSSR count). The number of hydrogen-bond donors (Lipinski definition) is 1. The number of hydrogen-bond acceptors (Lipinski definition) is 3. The number of benzene rings is 2. The molecular formula is C17H17ClN2O3S. The SMILES string of the molecule is CCNC(=O)C1Cc2ccccc2N1S(=O)(=O)c1cccc(Cl)c1. The number of likely N-dealkylation sites (N-methyl/N-ethyl adjacent to an activating group) is 1. The number of carbonyl (C=O) groups is 1. The molecular weight excluding hydrogens is 348 g/mol. The summed E-state index contributed by atoms with van der Waals surface area (Å²) in [6, 6.07) is 12.4. The Morgan fingerprint density at radius 1 is 1.25 bits per heavy atom. The van der Waals surface area contributed by atoms with Crippen molar-refractivity contribution in [1.82, 2.24) is 5.32 Å². The van der Waals surface area contributed by atoms with Crippen molar-refractivity contribution in [2.45, 2.75) is 24.3 Å². The lowest BCUT2D eigenvalue weighted by atomic mass is 10.1. The normalized spacial score (nSPS) is 16.8. The Morgan fingerprint density at radius 3 is 2.71 bits per heavy atom. The van der Waals surface area contributed by atoms with E-state index in [0.717, 1.165) is 5.56 Å². The van der Waals surface area contributed by atoms with Gasteiger partial charge in [0, 0.05) is 18.0 Å². The van der Waals surface area contributed by atoms with Crippen LogP contribution in [0.3, 0.4) is 0 Å². The molecule has 2 aromatic carbocycles. The van der Waals surface area contributed by atoms with Crippen LogP contribution in [-0.4, -0.2) is 26.9 Å². The van der Waals surface area contributed by atoms with E-state index in [4.69, 9.17) is 11.6 Å². The molecule has 0 bridgehead atoms. The first-order valence-corrected chi connectivity index (χ1v) is 9.42. The Balaban J connectivity index is 2.12. The minimum Gasteiger partial charge on any atom is -0.355 e. The minimum absolute atomic E-state index is 0.0704. The fourth-order valence-electron chi connectivity index (χ4n) is 2.89. The summed E-state index contributed by atoms with van der Waals surface area (Å²) in [5, 5.41) is 3.05. The number of carbonyl (C=O) groups excluding carboxylic acids is 1. The Morgan fingerprint density at radius 2 is 2.00 bits per heavy atom. The van der Waals surface area contributed by atoms with Crippen LogP contribution in [0.5, 0.6) is 0 Å². The summed E-state index contributed by atoms with van der Waals surface area (Å²) >= 11 is 5.94. The number of anilines is 1. The van der Waals surface area contributed by atoms with E-state index in [0.29, 0.717) is 23.7 Å². The highest BCUT2D eigenvalue weighted by Gasteiger charge is 2.41. The average Bonchev–Trinajstić information content (AvgIpc) is 2.95. The molecule has 0 aliphatic carbocycles. The predicted octanol–water partition coefficient (Wildman–Crippen LogP) is 2.60. The van der Waals surface area contributed by atoms with Crippen LogP contribution in [0.2, 0.25) is 5.02 Å². The van der Waals surface area contributed by atoms with Crippen molar-refractivity contribution in [2.75, 3.05) is 10.8 Å². The van der Waals surface area contributed by atoms with Gasteiger partial charge in [-0.05, 0) is 36.8 Å². The summed E-state index contributed by atoms with van der Waals surface area (Å²) in [6.45, 7) is 2.24. The van der Waals surface area contributed by atoms with E-state index in [-0.39, 0.29) is 10.8 Å². The van der Waals surface area contributed by atoms with Crippen LogP contribution in [0.4, 0.5) is 5.69 Å². The van der Waals surface area contributed by atoms with E-state index in [9.17, 15) is 13.2 Å². The van der Waals surface area contributed by atoms with Gasteiger partial charge in [0.15, 0.2) is 0 Å². The summed E-state index contributed by atoms with van der Waals surface area (Å²) < 4.78 is 27.5. The second kappa shape index (κ2) is 6.45. The number of para-hydroxylation sites is 1. The van der Waals surface area contributed by atoms with E-state index >= 15 is 0 Å². The first kappa shape index (κ1) is 16.8. The molecule has 1 N–H and O–H groups in total. The van der Waals surface area contributed by atoms with Gasteiger partial charge in [-0.15, -0.1) is 0 Å². The highest BCUT2D eigenvalue weighted by Crippen LogP contribution is 2.37. The fourth-order valence-corrected chi connectivity index (χ4v) is 4.84. The third-order valence-corrected chi connectivity index (χ3v) is 5.99. The van der Waals surface area contributed by atoms with Gasteiger partial charge in [-0.3, -0.25) is 9.10 Å². The number of rotatable bonds is 4. The van der Waals surface area contributed by atoms with E-state index in [1.54, 1.807) is 31.2 Å². The monoisotopic (exact) mass is 364 g/mol. The van der Waals surface area contributed by atoms with Crippen LogP contribution in [0.15, 0.2) is 53.4 Å². The Hall–Kier alpha value is -2.05. The van der Waals surface area contributed by atoms with E-state index in [1.165, 1.54) is 16.4 Å². The van der Waals surface area contributed by atoms with Gasteiger partial charge >= 0.3 is 0 Å². The van der Waals surface area contributed by atoms with Crippen molar-refractivity contribution in [2.24, 2.45) is 0 Å². The van der Waals surface area contributed by atoms with Crippen molar-refractivity contribution >= 4 is 33.2 Å². The molecule has 0 spiro atoms. The molecule has 0 saturated carbocycles. The lowest BCUT2D eigenvalue weighted by Crippen LogP contribution is -2.47. The van der Waals surface area contributed by atoms with Gasteiger partial charge < -0.3 is 5.32 Å². The number of amides is 1. The zero-order valence-electron chi connectivity index (χ0n) is 13.1. The largest absolute Gasteiger partial charge is 0.355 e. The Bertz CT molecular complexity index is 883. The number of nitrogens with zero attached hydrogens (tertiary/aromatic N) is 1. The van der Waals surface area contributed by atoms with Crippen molar-refractivity contribution < 1.29 is 13.2 Å². The van der Waals surface area contributed by atoms with Gasteiger partial charge in [0.05, 0.1) is 10.6 Å². The summed E-state index contributed by atoms with van der Waals surface area (Å²) in [5.74, 6) is -0.306. The van der Waals surface area contributed by atoms with Crippen LogP contribution in [-0.2, 0) is 21.2 Å². The number of fused-ring (bicyclic) bond motifs is 1. The zero-order valence-corrected chi connectivity index (χ0v) is 14.6. The van der Waals surface area contributed by atoms with Gasteiger partial charge in [-0.1, -0.05) is 35.9 Å². The second-order valence-corrected chi connectivity index (χ2v) is 7.75. The third kappa shape index (κ3) is 2.87. The van der Waals surface area contributed by atoms with Crippen LogP contribution < -0.4 is 9.62 Å². The predicted molar refractivity (Wildman–Crippen MR) is 93.7 cm³/mol. The fraction of sp³-hybridized carbons (Fsp3) is 0.235. The molecule has 2 aromatic rings. The van der Waals surface area contributed by atoms with Crippen LogP contribution in [0, 0.1) is 0 Å². The van der Waals surface area contributed by atoms with Gasteiger partial charge in [-0.25, -0.2) is 8.42 Å². The lowest BCUT2D eigenvalue weighted by Gasteiger charge is -2.26. The van der Waals surface area contributed by atoms with E-state index in [1.807, 2.05) is 12.1 Å². The first-order chi connectivity index (χ1) is 11.4. The van der Waals surface area contributed by atoms with Crippen molar-refractivity contribution in [1.29, 1.82) is 0 Å². The molecule has 24 heavy (non-hydrogen) atoms. The van der Waals surface area contributed by atoms with Crippen molar-refractivity contribution in [3.05, 3.63) is 59.1 Å². The molecule has 1 aliphatic rings. The van der Waals surface area contributed by atoms with Gasteiger partial charge in [0.25, 0.3) is 10.0 Å². The van der Waals surface area contributed by atoms with E-state index < -0.39 is 16.1 Å². The summed E-state index contributed by atoms with van der Waals surface area (Å²) in [7, 11) is -3.90. The highest BCUT2D eigenvalue weighted by atomic mass is 35.5. The number of sulfonamides is 1. The maximum Gasteiger partial charge on any atom is 0.265 e. The van der Waals surface area contributed by atoms with Crippen LogP contribution in [0.25, 0.3) is 0 Å². The third-order valence-electron chi connectivity index (χ3n) is 3.93. The first-order valence-electron chi connectivity index (χ1n) is 7.60. The van der Waals surface area contributed by atoms with E-state index in [2.05, 4.69) is 5.32 Å². The molecule has 5 nitrogen and oxygen atoms in total. The Labute approximate surface area is 146 Å². The molecule has 0 radical (unpaired) electrons. The molecule has 1 atom stereocenters. The molecule has 0 fully saturated rings. The second-order valence-electron chi connectivity index (χ2n) is 5.50. The minimum atomic E-state index is -3.90. The molecule has 7 heteroatoms. The quantitative estimate of drug-likeness (QED) is 0.906. The molecule has 1 heterocycles. The molecule has 0 aromatic heterocycles. The molecule has 126 valence electrons. The van der Waals surface area contributed by atoms with Crippen LogP contribution in [0.1, 0.15) is 12.5 Å². The Kier molecular flexibility index (Phi) is 4.51. The molecule has 1 aliphatic heterocycles. The standard InChI is InChI=1S/C17H17ClN2O3S/c1-2-19-17(21)16-10-12-6-3-4-9-15(12)20(16)24(22,23)14-8-5-7-13(18)11-14/h3-9,11,16H,2,10H2,1H3,(H,19,21). The van der Waals surface area contributed by atoms with Gasteiger partial charge in [-0.2, -0.15) is 0 Å². The van der Waals surface area contributed by atoms with Gasteiger partial charge in [0.2, 0.25) is 5.91 Å². The molecule has 1 unspecified atom stereocenters. The molecule has 1 amide bonds. The maximum absolute atomic E-state index is 13.2. The number of nitrogens with one attached hydrogen (secondary N) is 1. The number of halogens is 1. The topological polar surface area (TPSA) is 66.5 Å². The summed E-state index contributed by atoms with van der Waals surface area (Å²) in [6.07, 6.45) is 0.349. The smallest absolute Gasteiger partial charge is 0.265 e.